The second-order valence-corrected chi connectivity index (χ2v) is 2.85. The van der Waals surface area contributed by atoms with Gasteiger partial charge in [0.05, 0.1) is 6.42 Å². The van der Waals surface area contributed by atoms with Gasteiger partial charge in [0.2, 0.25) is 0 Å². The largest absolute Gasteiger partial charge is 0.432 e. The Hall–Kier alpha value is -1.12. The molecule has 1 aliphatic heterocycles. The third kappa shape index (κ3) is 1.26. The molecule has 64 valence electrons. The molecule has 0 fully saturated rings. The summed E-state index contributed by atoms with van der Waals surface area (Å²) in [6.45, 7) is 0. The van der Waals surface area contributed by atoms with E-state index in [1.807, 2.05) is 12.1 Å². The van der Waals surface area contributed by atoms with E-state index in [9.17, 15) is 8.78 Å². The van der Waals surface area contributed by atoms with Crippen molar-refractivity contribution in [3.8, 4) is 5.75 Å². The van der Waals surface area contributed by atoms with E-state index in [2.05, 4.69) is 4.74 Å². The van der Waals surface area contributed by atoms with Crippen LogP contribution in [0.5, 0.6) is 5.75 Å². The van der Waals surface area contributed by atoms with Gasteiger partial charge in [-0.05, 0) is 18.1 Å². The number of halogens is 2. The van der Waals surface area contributed by atoms with Gasteiger partial charge in [0.25, 0.3) is 0 Å². The number of benzene rings is 1. The quantitative estimate of drug-likeness (QED) is 0.581. The predicted molar refractivity (Wildman–Crippen MR) is 40.3 cm³/mol. The third-order valence-corrected chi connectivity index (χ3v) is 1.92. The van der Waals surface area contributed by atoms with Gasteiger partial charge < -0.3 is 4.74 Å². The van der Waals surface area contributed by atoms with Gasteiger partial charge in [-0.15, -0.1) is 0 Å². The predicted octanol–water partition coefficient (Wildman–Crippen LogP) is 2.60. The molecule has 1 nitrogen and oxygen atoms in total. The fourth-order valence-electron chi connectivity index (χ4n) is 1.30. The molecule has 0 saturated heterocycles. The van der Waals surface area contributed by atoms with Gasteiger partial charge in [-0.25, -0.2) is 0 Å². The lowest BCUT2D eigenvalue weighted by Crippen LogP contribution is -2.29. The Morgan fingerprint density at radius 3 is 2.83 bits per heavy atom. The van der Waals surface area contributed by atoms with E-state index in [-0.39, 0.29) is 6.42 Å². The smallest absolute Gasteiger partial charge is 0.398 e. The van der Waals surface area contributed by atoms with Crippen molar-refractivity contribution in [2.75, 3.05) is 0 Å². The van der Waals surface area contributed by atoms with E-state index in [1.54, 1.807) is 12.1 Å². The van der Waals surface area contributed by atoms with Crippen LogP contribution < -0.4 is 4.74 Å². The summed E-state index contributed by atoms with van der Waals surface area (Å²) in [7, 11) is 0. The van der Waals surface area contributed by atoms with E-state index in [1.165, 1.54) is 0 Å². The molecule has 0 saturated carbocycles. The number of para-hydroxylation sites is 1. The first kappa shape index (κ1) is 7.53. The first-order chi connectivity index (χ1) is 5.67. The average molecular weight is 170 g/mol. The highest BCUT2D eigenvalue weighted by Gasteiger charge is 2.35. The Labute approximate surface area is 69.0 Å². The van der Waals surface area contributed by atoms with Crippen LogP contribution in [0.15, 0.2) is 24.3 Å². The Morgan fingerprint density at radius 2 is 2.00 bits per heavy atom. The fraction of sp³-hybridized carbons (Fsp3) is 0.333. The van der Waals surface area contributed by atoms with Crippen LogP contribution in [0.1, 0.15) is 12.0 Å². The van der Waals surface area contributed by atoms with Crippen LogP contribution in [0.3, 0.4) is 0 Å². The first-order valence-electron chi connectivity index (χ1n) is 3.82. The zero-order valence-electron chi connectivity index (χ0n) is 6.39. The zero-order chi connectivity index (χ0) is 8.60. The summed E-state index contributed by atoms with van der Waals surface area (Å²) in [5.41, 5.74) is 0.864. The molecule has 3 heteroatoms. The molecular weight excluding hydrogens is 162 g/mol. The van der Waals surface area contributed by atoms with Crippen molar-refractivity contribution in [2.24, 2.45) is 0 Å². The fourth-order valence-corrected chi connectivity index (χ4v) is 1.30. The van der Waals surface area contributed by atoms with Crippen LogP contribution >= 0.6 is 0 Å². The Kier molecular flexibility index (Phi) is 1.53. The van der Waals surface area contributed by atoms with Crippen LogP contribution in [0.4, 0.5) is 8.78 Å². The molecule has 0 aromatic heterocycles. The number of alkyl halides is 2. The van der Waals surface area contributed by atoms with Crippen LogP contribution in [-0.4, -0.2) is 6.11 Å². The van der Waals surface area contributed by atoms with Crippen molar-refractivity contribution in [2.45, 2.75) is 19.0 Å². The first-order valence-corrected chi connectivity index (χ1v) is 3.82. The second kappa shape index (κ2) is 2.44. The van der Waals surface area contributed by atoms with Crippen molar-refractivity contribution in [3.05, 3.63) is 29.8 Å². The molecule has 0 amide bonds. The molecule has 0 bridgehead atoms. The molecular formula is C9H8F2O. The zero-order valence-corrected chi connectivity index (χ0v) is 6.39. The molecule has 2 rings (SSSR count). The molecule has 0 atom stereocenters. The minimum absolute atomic E-state index is 0.218. The Bertz CT molecular complexity index is 296. The van der Waals surface area contributed by atoms with E-state index < -0.39 is 6.11 Å². The van der Waals surface area contributed by atoms with E-state index in [4.69, 9.17) is 0 Å². The van der Waals surface area contributed by atoms with Crippen molar-refractivity contribution in [1.82, 2.24) is 0 Å². The van der Waals surface area contributed by atoms with Gasteiger partial charge in [-0.1, -0.05) is 18.2 Å². The molecule has 0 radical (unpaired) electrons. The second-order valence-electron chi connectivity index (χ2n) is 2.85. The van der Waals surface area contributed by atoms with E-state index in [0.717, 1.165) is 5.56 Å². The molecule has 0 aliphatic carbocycles. The summed E-state index contributed by atoms with van der Waals surface area (Å²) >= 11 is 0. The number of fused-ring (bicyclic) bond motifs is 1. The molecule has 12 heavy (non-hydrogen) atoms. The molecule has 0 unspecified atom stereocenters. The number of ether oxygens (including phenoxy) is 1. The molecule has 0 N–H and O–H groups in total. The normalized spacial score (nSPS) is 19.5. The third-order valence-electron chi connectivity index (χ3n) is 1.92. The van der Waals surface area contributed by atoms with Crippen LogP contribution in [-0.2, 0) is 6.42 Å². The maximum absolute atomic E-state index is 12.7. The standard InChI is InChI=1S/C9H8F2O/c10-9(11)6-5-7-3-1-2-4-8(7)12-9/h1-4H,5-6H2. The molecule has 1 aromatic rings. The van der Waals surface area contributed by atoms with Crippen molar-refractivity contribution in [3.63, 3.8) is 0 Å². The number of hydrogen-bond donors (Lipinski definition) is 0. The van der Waals surface area contributed by atoms with Gasteiger partial charge in [-0.2, -0.15) is 8.78 Å². The molecule has 1 aliphatic rings. The highest BCUT2D eigenvalue weighted by molar-refractivity contribution is 5.35. The van der Waals surface area contributed by atoms with Gasteiger partial charge >= 0.3 is 6.11 Å². The molecule has 1 aromatic carbocycles. The summed E-state index contributed by atoms with van der Waals surface area (Å²) in [5, 5.41) is 0. The lowest BCUT2D eigenvalue weighted by atomic mass is 10.1. The van der Waals surface area contributed by atoms with Crippen molar-refractivity contribution in [1.29, 1.82) is 0 Å². The van der Waals surface area contributed by atoms with E-state index >= 15 is 0 Å². The number of rotatable bonds is 0. The monoisotopic (exact) mass is 170 g/mol. The summed E-state index contributed by atoms with van der Waals surface area (Å²) in [4.78, 5) is 0. The highest BCUT2D eigenvalue weighted by atomic mass is 19.3. The maximum atomic E-state index is 12.7. The van der Waals surface area contributed by atoms with Crippen LogP contribution in [0, 0.1) is 0 Å². The van der Waals surface area contributed by atoms with Crippen LogP contribution in [0.25, 0.3) is 0 Å². The maximum Gasteiger partial charge on any atom is 0.398 e. The molecule has 1 heterocycles. The lowest BCUT2D eigenvalue weighted by molar-refractivity contribution is -0.187. The summed E-state index contributed by atoms with van der Waals surface area (Å²) in [6.07, 6.45) is -2.80. The van der Waals surface area contributed by atoms with Crippen LogP contribution in [0.2, 0.25) is 0 Å². The minimum Gasteiger partial charge on any atom is -0.432 e. The van der Waals surface area contributed by atoms with Gasteiger partial charge in [-0.3, -0.25) is 0 Å². The summed E-state index contributed by atoms with van der Waals surface area (Å²) < 4.78 is 29.8. The van der Waals surface area contributed by atoms with E-state index in [0.29, 0.717) is 12.2 Å². The molecule has 0 spiro atoms. The van der Waals surface area contributed by atoms with Crippen molar-refractivity contribution < 1.29 is 13.5 Å². The minimum atomic E-state index is -2.98. The van der Waals surface area contributed by atoms with Crippen molar-refractivity contribution >= 4 is 0 Å². The summed E-state index contributed by atoms with van der Waals surface area (Å²) in [5.74, 6) is 0.314. The van der Waals surface area contributed by atoms with Gasteiger partial charge in [0.15, 0.2) is 0 Å². The topological polar surface area (TPSA) is 9.23 Å². The summed E-state index contributed by atoms with van der Waals surface area (Å²) in [6, 6.07) is 6.90. The van der Waals surface area contributed by atoms with Gasteiger partial charge in [0, 0.05) is 0 Å². The lowest BCUT2D eigenvalue weighted by Gasteiger charge is -2.24. The van der Waals surface area contributed by atoms with Gasteiger partial charge in [0.1, 0.15) is 5.75 Å². The Balaban J connectivity index is 2.35. The average Bonchev–Trinajstić information content (AvgIpc) is 2.02. The number of aryl methyl sites for hydroxylation is 1. The number of hydrogen-bond acceptors (Lipinski definition) is 1. The Morgan fingerprint density at radius 1 is 1.25 bits per heavy atom. The SMILES string of the molecule is FC1(F)CCc2ccccc2O1. The highest BCUT2D eigenvalue weighted by Crippen LogP contribution is 2.34.